The molecule has 134 valence electrons. The average Bonchev–Trinajstić information content (AvgIpc) is 2.93. The molecule has 2 aromatic heterocycles. The van der Waals surface area contributed by atoms with Gasteiger partial charge in [-0.3, -0.25) is 4.79 Å². The molecule has 0 unspecified atom stereocenters. The quantitative estimate of drug-likeness (QED) is 0.756. The third-order valence-corrected chi connectivity index (χ3v) is 4.23. The molecule has 1 aliphatic heterocycles. The van der Waals surface area contributed by atoms with Crippen LogP contribution in [0.2, 0.25) is 5.02 Å². The lowest BCUT2D eigenvalue weighted by Crippen LogP contribution is -2.24. The molecule has 1 aromatic carbocycles. The fourth-order valence-corrected chi connectivity index (χ4v) is 2.94. The van der Waals surface area contributed by atoms with E-state index >= 15 is 0 Å². The Morgan fingerprint density at radius 1 is 1.35 bits per heavy atom. The Hall–Kier alpha value is -2.87. The molecule has 1 N–H and O–H groups in total. The first-order valence-corrected chi connectivity index (χ1v) is 8.54. The van der Waals surface area contributed by atoms with Crippen molar-refractivity contribution in [3.8, 4) is 11.5 Å². The lowest BCUT2D eigenvalue weighted by atomic mass is 10.2. The first-order valence-electron chi connectivity index (χ1n) is 8.16. The van der Waals surface area contributed by atoms with Gasteiger partial charge in [-0.2, -0.15) is 4.98 Å². The van der Waals surface area contributed by atoms with Gasteiger partial charge >= 0.3 is 0 Å². The van der Waals surface area contributed by atoms with Crippen LogP contribution in [0.4, 0.5) is 0 Å². The van der Waals surface area contributed by atoms with Crippen LogP contribution in [0.1, 0.15) is 28.3 Å². The van der Waals surface area contributed by atoms with Crippen molar-refractivity contribution in [1.29, 1.82) is 0 Å². The Morgan fingerprint density at radius 2 is 2.19 bits per heavy atom. The molecule has 0 saturated heterocycles. The van der Waals surface area contributed by atoms with E-state index in [0.29, 0.717) is 35.5 Å². The zero-order chi connectivity index (χ0) is 18.1. The molecule has 4 rings (SSSR count). The Labute approximate surface area is 154 Å². The van der Waals surface area contributed by atoms with Gasteiger partial charge in [0.1, 0.15) is 0 Å². The number of fused-ring (bicyclic) bond motifs is 2. The number of benzene rings is 1. The fraction of sp³-hybridized carbons (Fsp3) is 0.294. The van der Waals surface area contributed by atoms with Crippen molar-refractivity contribution >= 4 is 23.3 Å². The van der Waals surface area contributed by atoms with Gasteiger partial charge in [0.05, 0.1) is 18.2 Å². The van der Waals surface area contributed by atoms with Crippen molar-refractivity contribution in [2.24, 2.45) is 0 Å². The lowest BCUT2D eigenvalue weighted by Gasteiger charge is -2.11. The number of hydrogen-bond donors (Lipinski definition) is 1. The minimum absolute atomic E-state index is 0.0623. The van der Waals surface area contributed by atoms with Gasteiger partial charge in [-0.05, 0) is 30.7 Å². The molecule has 3 aromatic rings. The molecule has 9 heteroatoms. The van der Waals surface area contributed by atoms with Crippen LogP contribution < -0.4 is 14.8 Å². The lowest BCUT2D eigenvalue weighted by molar-refractivity contribution is 0.0940. The largest absolute Gasteiger partial charge is 0.489 e. The maximum Gasteiger partial charge on any atom is 0.291 e. The smallest absolute Gasteiger partial charge is 0.291 e. The van der Waals surface area contributed by atoms with Gasteiger partial charge in [-0.15, -0.1) is 5.10 Å². The van der Waals surface area contributed by atoms with E-state index in [1.54, 1.807) is 18.3 Å². The monoisotopic (exact) mass is 373 g/mol. The number of hydrogen-bond acceptors (Lipinski definition) is 6. The standard InChI is InChI=1S/C17H16ClN5O3/c1-10-3-4-19-17-21-15(22-23(10)17)16(24)20-9-11-7-12(18)14-13(8-11)25-5-2-6-26-14/h3-4,7-8H,2,5-6,9H2,1H3,(H,20,24). The number of carbonyl (C=O) groups excluding carboxylic acids is 1. The second-order valence-corrected chi connectivity index (χ2v) is 6.28. The number of ether oxygens (including phenoxy) is 2. The molecular formula is C17H16ClN5O3. The molecule has 1 amide bonds. The Kier molecular flexibility index (Phi) is 4.34. The van der Waals surface area contributed by atoms with Crippen LogP contribution in [-0.2, 0) is 6.54 Å². The average molecular weight is 374 g/mol. The molecule has 0 spiro atoms. The summed E-state index contributed by atoms with van der Waals surface area (Å²) in [5.41, 5.74) is 1.64. The van der Waals surface area contributed by atoms with Gasteiger partial charge in [0.25, 0.3) is 11.7 Å². The van der Waals surface area contributed by atoms with Crippen molar-refractivity contribution in [3.05, 3.63) is 46.5 Å². The van der Waals surface area contributed by atoms with Crippen LogP contribution in [0, 0.1) is 6.92 Å². The highest BCUT2D eigenvalue weighted by Gasteiger charge is 2.17. The summed E-state index contributed by atoms with van der Waals surface area (Å²) in [4.78, 5) is 20.6. The molecule has 0 aliphatic carbocycles. The minimum Gasteiger partial charge on any atom is -0.489 e. The molecular weight excluding hydrogens is 358 g/mol. The number of nitrogens with zero attached hydrogens (tertiary/aromatic N) is 4. The van der Waals surface area contributed by atoms with Gasteiger partial charge < -0.3 is 14.8 Å². The van der Waals surface area contributed by atoms with Crippen LogP contribution >= 0.6 is 11.6 Å². The molecule has 0 radical (unpaired) electrons. The highest BCUT2D eigenvalue weighted by molar-refractivity contribution is 6.32. The predicted molar refractivity (Wildman–Crippen MR) is 93.7 cm³/mol. The topological polar surface area (TPSA) is 90.6 Å². The van der Waals surface area contributed by atoms with Crippen molar-refractivity contribution < 1.29 is 14.3 Å². The summed E-state index contributed by atoms with van der Waals surface area (Å²) in [6, 6.07) is 5.36. The molecule has 0 bridgehead atoms. The molecule has 8 nitrogen and oxygen atoms in total. The first kappa shape index (κ1) is 16.6. The number of aryl methyl sites for hydroxylation is 1. The zero-order valence-corrected chi connectivity index (χ0v) is 14.8. The van der Waals surface area contributed by atoms with Crippen LogP contribution in [-0.4, -0.2) is 38.7 Å². The summed E-state index contributed by atoms with van der Waals surface area (Å²) in [6.07, 6.45) is 2.42. The Morgan fingerprint density at radius 3 is 3.04 bits per heavy atom. The second kappa shape index (κ2) is 6.80. The molecule has 0 saturated carbocycles. The van der Waals surface area contributed by atoms with E-state index in [1.165, 1.54) is 4.52 Å². The van der Waals surface area contributed by atoms with E-state index in [2.05, 4.69) is 20.4 Å². The van der Waals surface area contributed by atoms with Crippen molar-refractivity contribution in [1.82, 2.24) is 24.9 Å². The summed E-state index contributed by atoms with van der Waals surface area (Å²) in [7, 11) is 0. The first-order chi connectivity index (χ1) is 12.6. The fourth-order valence-electron chi connectivity index (χ4n) is 2.65. The highest BCUT2D eigenvalue weighted by Crippen LogP contribution is 2.37. The molecule has 26 heavy (non-hydrogen) atoms. The Bertz CT molecular complexity index is 988. The number of rotatable bonds is 3. The molecule has 1 aliphatic rings. The maximum absolute atomic E-state index is 12.4. The van der Waals surface area contributed by atoms with E-state index in [1.807, 2.05) is 13.0 Å². The predicted octanol–water partition coefficient (Wildman–Crippen LogP) is 2.18. The van der Waals surface area contributed by atoms with E-state index in [-0.39, 0.29) is 12.4 Å². The third-order valence-electron chi connectivity index (χ3n) is 3.95. The van der Waals surface area contributed by atoms with Crippen LogP contribution in [0.3, 0.4) is 0 Å². The summed E-state index contributed by atoms with van der Waals surface area (Å²) < 4.78 is 12.8. The molecule has 0 atom stereocenters. The van der Waals surface area contributed by atoms with Crippen LogP contribution in [0.25, 0.3) is 5.78 Å². The minimum atomic E-state index is -0.391. The highest BCUT2D eigenvalue weighted by atomic mass is 35.5. The van der Waals surface area contributed by atoms with Crippen molar-refractivity contribution in [3.63, 3.8) is 0 Å². The SMILES string of the molecule is Cc1ccnc2nc(C(=O)NCc3cc(Cl)c4c(c3)OCCCO4)nn12. The molecule has 3 heterocycles. The van der Waals surface area contributed by atoms with Crippen LogP contribution in [0.5, 0.6) is 11.5 Å². The van der Waals surface area contributed by atoms with Gasteiger partial charge in [-0.1, -0.05) is 11.6 Å². The summed E-state index contributed by atoms with van der Waals surface area (Å²) in [5.74, 6) is 1.19. The number of carbonyl (C=O) groups is 1. The summed E-state index contributed by atoms with van der Waals surface area (Å²) in [6.45, 7) is 3.26. The number of nitrogens with one attached hydrogen (secondary N) is 1. The summed E-state index contributed by atoms with van der Waals surface area (Å²) in [5, 5.41) is 7.43. The normalized spacial score (nSPS) is 13.5. The van der Waals surface area contributed by atoms with E-state index in [9.17, 15) is 4.79 Å². The zero-order valence-electron chi connectivity index (χ0n) is 14.0. The van der Waals surface area contributed by atoms with E-state index in [0.717, 1.165) is 17.7 Å². The molecule has 0 fully saturated rings. The van der Waals surface area contributed by atoms with Crippen molar-refractivity contribution in [2.45, 2.75) is 19.9 Å². The van der Waals surface area contributed by atoms with E-state index in [4.69, 9.17) is 21.1 Å². The Balaban J connectivity index is 1.51. The third kappa shape index (κ3) is 3.15. The summed E-state index contributed by atoms with van der Waals surface area (Å²) >= 11 is 6.27. The number of amides is 1. The van der Waals surface area contributed by atoms with Gasteiger partial charge in [-0.25, -0.2) is 9.50 Å². The number of halogens is 1. The number of aromatic nitrogens is 4. The second-order valence-electron chi connectivity index (χ2n) is 5.87. The van der Waals surface area contributed by atoms with Gasteiger partial charge in [0.2, 0.25) is 5.82 Å². The van der Waals surface area contributed by atoms with Gasteiger partial charge in [0.15, 0.2) is 11.5 Å². The maximum atomic E-state index is 12.4. The van der Waals surface area contributed by atoms with E-state index < -0.39 is 5.91 Å². The van der Waals surface area contributed by atoms with Gasteiger partial charge in [0, 0.05) is 24.9 Å². The van der Waals surface area contributed by atoms with Crippen LogP contribution in [0.15, 0.2) is 24.4 Å². The van der Waals surface area contributed by atoms with Crippen molar-refractivity contribution in [2.75, 3.05) is 13.2 Å².